The number of nitrogens with one attached hydrogen (secondary N) is 1. The van der Waals surface area contributed by atoms with Gasteiger partial charge < -0.3 is 19.7 Å². The number of hydrogen-bond acceptors (Lipinski definition) is 6. The number of nitrogens with zero attached hydrogens (tertiary/aromatic N) is 2. The van der Waals surface area contributed by atoms with Crippen LogP contribution in [-0.4, -0.2) is 61.7 Å². The Morgan fingerprint density at radius 3 is 2.74 bits per heavy atom. The van der Waals surface area contributed by atoms with Crippen molar-refractivity contribution in [3.63, 3.8) is 0 Å². The minimum Gasteiger partial charge on any atom is -0.442 e. The Bertz CT molecular complexity index is 1150. The molecular formula is C22H19ClF3N3O5S. The number of benzene rings is 1. The van der Waals surface area contributed by atoms with Crippen LogP contribution in [0.25, 0.3) is 0 Å². The Kier molecular flexibility index (Phi) is 7.15. The highest BCUT2D eigenvalue weighted by Gasteiger charge is 2.39. The van der Waals surface area contributed by atoms with E-state index >= 15 is 0 Å². The van der Waals surface area contributed by atoms with Crippen molar-refractivity contribution in [2.75, 3.05) is 42.6 Å². The molecule has 8 nitrogen and oxygen atoms in total. The summed E-state index contributed by atoms with van der Waals surface area (Å²) in [7, 11) is 0. The van der Waals surface area contributed by atoms with Crippen molar-refractivity contribution in [1.29, 1.82) is 0 Å². The predicted octanol–water partition coefficient (Wildman–Crippen LogP) is 3.33. The fourth-order valence-corrected chi connectivity index (χ4v) is 4.26. The number of carbonyl (C=O) groups excluding carboxylic acids is 3. The average molecular weight is 530 g/mol. The summed E-state index contributed by atoms with van der Waals surface area (Å²) in [5, 5.41) is 2.99. The summed E-state index contributed by atoms with van der Waals surface area (Å²) >= 11 is 11.1. The summed E-state index contributed by atoms with van der Waals surface area (Å²) in [6.07, 6.45) is -2.96. The van der Waals surface area contributed by atoms with E-state index in [2.05, 4.69) is 5.32 Å². The Labute approximate surface area is 208 Å². The van der Waals surface area contributed by atoms with Crippen LogP contribution in [0.4, 0.5) is 29.3 Å². The molecule has 1 atom stereocenters. The summed E-state index contributed by atoms with van der Waals surface area (Å²) in [5.41, 5.74) is -1.18. The van der Waals surface area contributed by atoms with E-state index < -0.39 is 35.8 Å². The Morgan fingerprint density at radius 2 is 2.03 bits per heavy atom. The second-order valence-electron chi connectivity index (χ2n) is 7.90. The summed E-state index contributed by atoms with van der Waals surface area (Å²) in [4.78, 5) is 39.4. The van der Waals surface area contributed by atoms with Crippen molar-refractivity contribution in [2.45, 2.75) is 18.7 Å². The van der Waals surface area contributed by atoms with Gasteiger partial charge >= 0.3 is 12.3 Å². The van der Waals surface area contributed by atoms with Crippen LogP contribution in [0, 0.1) is 0 Å². The Balaban J connectivity index is 1.48. The van der Waals surface area contributed by atoms with Crippen LogP contribution in [0.3, 0.4) is 0 Å². The molecule has 1 aromatic rings. The highest BCUT2D eigenvalue weighted by molar-refractivity contribution is 7.81. The number of hydrogen-bond donors (Lipinski definition) is 1. The molecule has 2 fully saturated rings. The maximum atomic E-state index is 13.8. The third kappa shape index (κ3) is 5.49. The van der Waals surface area contributed by atoms with E-state index in [1.807, 2.05) is 0 Å². The number of morpholine rings is 1. The molecule has 0 saturated carbocycles. The van der Waals surface area contributed by atoms with Crippen LogP contribution < -0.4 is 15.1 Å². The fraction of sp³-hybridized carbons (Fsp3) is 0.364. The van der Waals surface area contributed by atoms with Gasteiger partial charge in [0.25, 0.3) is 11.8 Å². The summed E-state index contributed by atoms with van der Waals surface area (Å²) in [5.74, 6) is -1.08. The number of thiocarbonyl (C=S) groups is 1. The predicted molar refractivity (Wildman–Crippen MR) is 124 cm³/mol. The minimum atomic E-state index is -4.78. The maximum Gasteiger partial charge on any atom is 0.418 e. The molecule has 1 aromatic carbocycles. The van der Waals surface area contributed by atoms with Crippen LogP contribution in [0.1, 0.15) is 12.0 Å². The molecule has 3 aliphatic rings. The van der Waals surface area contributed by atoms with Crippen molar-refractivity contribution < 1.29 is 37.0 Å². The first kappa shape index (κ1) is 25.1. The van der Waals surface area contributed by atoms with E-state index in [9.17, 15) is 27.6 Å². The second-order valence-corrected chi connectivity index (χ2v) is 8.83. The molecular weight excluding hydrogens is 511 g/mol. The molecule has 0 radical (unpaired) electrons. The molecule has 186 valence electrons. The lowest BCUT2D eigenvalue weighted by Crippen LogP contribution is -2.42. The average Bonchev–Trinajstić information content (AvgIpc) is 3.19. The lowest BCUT2D eigenvalue weighted by molar-refractivity contribution is -0.137. The molecule has 35 heavy (non-hydrogen) atoms. The molecule has 0 bridgehead atoms. The number of ether oxygens (including phenoxy) is 2. The van der Waals surface area contributed by atoms with Gasteiger partial charge in [0, 0.05) is 28.5 Å². The number of alkyl halides is 3. The van der Waals surface area contributed by atoms with Gasteiger partial charge in [-0.1, -0.05) is 29.9 Å². The number of allylic oxidation sites excluding steroid dienone is 3. The molecule has 1 unspecified atom stereocenters. The molecule has 13 heteroatoms. The Hall–Kier alpha value is -2.96. The topological polar surface area (TPSA) is 88.2 Å². The zero-order valence-corrected chi connectivity index (χ0v) is 19.6. The highest BCUT2D eigenvalue weighted by Crippen LogP contribution is 2.40. The Morgan fingerprint density at radius 1 is 1.26 bits per heavy atom. The third-order valence-corrected chi connectivity index (χ3v) is 6.20. The number of carbonyl (C=O) groups is 3. The van der Waals surface area contributed by atoms with Crippen molar-refractivity contribution in [3.8, 4) is 0 Å². The molecule has 0 aromatic heterocycles. The molecule has 2 heterocycles. The molecule has 3 amide bonds. The van der Waals surface area contributed by atoms with E-state index in [0.717, 1.165) is 21.9 Å². The third-order valence-electron chi connectivity index (χ3n) is 5.55. The number of anilines is 2. The first-order valence-electron chi connectivity index (χ1n) is 10.5. The fourth-order valence-electron chi connectivity index (χ4n) is 3.84. The normalized spacial score (nSPS) is 21.0. The van der Waals surface area contributed by atoms with Crippen molar-refractivity contribution in [1.82, 2.24) is 5.32 Å². The zero-order valence-electron chi connectivity index (χ0n) is 18.1. The van der Waals surface area contributed by atoms with Crippen molar-refractivity contribution >= 4 is 58.0 Å². The molecule has 1 aliphatic carbocycles. The first-order chi connectivity index (χ1) is 16.5. The van der Waals surface area contributed by atoms with Crippen LogP contribution in [-0.2, 0) is 25.2 Å². The molecule has 4 rings (SSSR count). The SMILES string of the molecule is O=C(NCC1CN(c2ccc(N3CCOCC3=O)c(C(F)(F)F)c2)C(=O)O1)C1=CC(Cl)=CCC1=S. The summed E-state index contributed by atoms with van der Waals surface area (Å²) in [6, 6.07) is 3.27. The van der Waals surface area contributed by atoms with Gasteiger partial charge in [-0.2, -0.15) is 13.2 Å². The number of rotatable bonds is 5. The summed E-state index contributed by atoms with van der Waals surface area (Å²) in [6.45, 7) is -0.378. The monoisotopic (exact) mass is 529 g/mol. The lowest BCUT2D eigenvalue weighted by atomic mass is 10.0. The minimum absolute atomic E-state index is 0.0182. The zero-order chi connectivity index (χ0) is 25.3. The highest BCUT2D eigenvalue weighted by atomic mass is 35.5. The second kappa shape index (κ2) is 9.96. The maximum absolute atomic E-state index is 13.8. The number of cyclic esters (lactones) is 1. The molecule has 2 aliphatic heterocycles. The standard InChI is InChI=1S/C22H19ClF3N3O5S/c23-12-1-4-18(35)15(7-12)20(31)27-9-14-10-29(21(32)34-14)13-2-3-17(16(8-13)22(24,25)26)28-5-6-33-11-19(28)30/h1-3,7-8,14H,4-6,9-11H2,(H,27,31). The molecule has 2 saturated heterocycles. The lowest BCUT2D eigenvalue weighted by Gasteiger charge is -2.30. The number of halogens is 4. The van der Waals surface area contributed by atoms with Crippen LogP contribution in [0.2, 0.25) is 0 Å². The van der Waals surface area contributed by atoms with E-state index in [-0.39, 0.29) is 49.8 Å². The quantitative estimate of drug-likeness (QED) is 0.589. The van der Waals surface area contributed by atoms with E-state index in [4.69, 9.17) is 33.3 Å². The van der Waals surface area contributed by atoms with Gasteiger partial charge in [0.1, 0.15) is 12.7 Å². The smallest absolute Gasteiger partial charge is 0.418 e. The van der Waals surface area contributed by atoms with Gasteiger partial charge in [-0.15, -0.1) is 0 Å². The van der Waals surface area contributed by atoms with Gasteiger partial charge in [-0.05, 0) is 24.3 Å². The van der Waals surface area contributed by atoms with Crippen LogP contribution >= 0.6 is 23.8 Å². The van der Waals surface area contributed by atoms with Crippen molar-refractivity contribution in [2.24, 2.45) is 0 Å². The van der Waals surface area contributed by atoms with E-state index in [0.29, 0.717) is 16.3 Å². The first-order valence-corrected chi connectivity index (χ1v) is 11.3. The number of amides is 3. The van der Waals surface area contributed by atoms with Gasteiger partial charge in [-0.3, -0.25) is 14.5 Å². The van der Waals surface area contributed by atoms with Gasteiger partial charge in [0.15, 0.2) is 0 Å². The van der Waals surface area contributed by atoms with E-state index in [1.165, 1.54) is 12.1 Å². The molecule has 1 N–H and O–H groups in total. The van der Waals surface area contributed by atoms with Crippen LogP contribution in [0.15, 0.2) is 41.0 Å². The van der Waals surface area contributed by atoms with Gasteiger partial charge in [-0.25, -0.2) is 4.79 Å². The van der Waals surface area contributed by atoms with Crippen LogP contribution in [0.5, 0.6) is 0 Å². The molecule has 0 spiro atoms. The van der Waals surface area contributed by atoms with Gasteiger partial charge in [0.2, 0.25) is 0 Å². The summed E-state index contributed by atoms with van der Waals surface area (Å²) < 4.78 is 51.7. The van der Waals surface area contributed by atoms with Gasteiger partial charge in [0.05, 0.1) is 36.5 Å². The van der Waals surface area contributed by atoms with E-state index in [1.54, 1.807) is 6.08 Å². The largest absolute Gasteiger partial charge is 0.442 e. The van der Waals surface area contributed by atoms with Crippen molar-refractivity contribution in [3.05, 3.63) is 46.5 Å².